The fourth-order valence-electron chi connectivity index (χ4n) is 1.92. The number of H-pyrrole nitrogens is 1. The monoisotopic (exact) mass is 327 g/mol. The van der Waals surface area contributed by atoms with E-state index in [1.807, 2.05) is 36.4 Å². The standard InChI is InChI=1S/C15H14ClN7/c16-11-8-10(20-21-13-14(17)22-23-15(13)18)6-7-12(11)19-9-4-2-1-3-5-9/h1-8,19H,(H5,17,18,22,23). The van der Waals surface area contributed by atoms with Gasteiger partial charge in [-0.05, 0) is 30.3 Å². The van der Waals surface area contributed by atoms with Crippen LogP contribution in [0.3, 0.4) is 0 Å². The van der Waals surface area contributed by atoms with Gasteiger partial charge in [-0.3, -0.25) is 5.10 Å². The Labute approximate surface area is 137 Å². The van der Waals surface area contributed by atoms with Gasteiger partial charge >= 0.3 is 0 Å². The summed E-state index contributed by atoms with van der Waals surface area (Å²) in [7, 11) is 0. The van der Waals surface area contributed by atoms with Crippen LogP contribution in [-0.2, 0) is 0 Å². The van der Waals surface area contributed by atoms with E-state index in [4.69, 9.17) is 23.1 Å². The Kier molecular flexibility index (Phi) is 4.11. The smallest absolute Gasteiger partial charge is 0.175 e. The normalized spacial score (nSPS) is 11.0. The molecule has 3 aromatic rings. The summed E-state index contributed by atoms with van der Waals surface area (Å²) >= 11 is 6.27. The number of para-hydroxylation sites is 1. The largest absolute Gasteiger partial charge is 0.382 e. The Morgan fingerprint density at radius 1 is 1.04 bits per heavy atom. The quantitative estimate of drug-likeness (QED) is 0.531. The molecule has 1 aromatic heterocycles. The first kappa shape index (κ1) is 14.9. The van der Waals surface area contributed by atoms with Gasteiger partial charge < -0.3 is 16.8 Å². The van der Waals surface area contributed by atoms with Crippen LogP contribution in [0.15, 0.2) is 58.8 Å². The summed E-state index contributed by atoms with van der Waals surface area (Å²) in [6, 6.07) is 15.0. The molecule has 0 fully saturated rings. The Morgan fingerprint density at radius 3 is 2.48 bits per heavy atom. The average Bonchev–Trinajstić information content (AvgIpc) is 2.87. The second-order valence-corrected chi connectivity index (χ2v) is 5.13. The molecule has 0 aliphatic heterocycles. The topological polar surface area (TPSA) is 117 Å². The van der Waals surface area contributed by atoms with Crippen molar-refractivity contribution in [2.75, 3.05) is 16.8 Å². The van der Waals surface area contributed by atoms with Crippen LogP contribution in [0.4, 0.5) is 34.4 Å². The number of rotatable bonds is 4. The fourth-order valence-corrected chi connectivity index (χ4v) is 2.14. The Hall–Kier alpha value is -3.06. The van der Waals surface area contributed by atoms with Crippen LogP contribution in [0.5, 0.6) is 0 Å². The van der Waals surface area contributed by atoms with Gasteiger partial charge in [-0.2, -0.15) is 10.2 Å². The zero-order valence-corrected chi connectivity index (χ0v) is 12.7. The van der Waals surface area contributed by atoms with E-state index in [1.165, 1.54) is 0 Å². The predicted molar refractivity (Wildman–Crippen MR) is 92.8 cm³/mol. The molecule has 6 N–H and O–H groups in total. The van der Waals surface area contributed by atoms with Crippen LogP contribution in [0.25, 0.3) is 0 Å². The summed E-state index contributed by atoms with van der Waals surface area (Å²) in [5.74, 6) is 0.458. The van der Waals surface area contributed by atoms with Crippen molar-refractivity contribution in [1.82, 2.24) is 10.2 Å². The highest BCUT2D eigenvalue weighted by Gasteiger charge is 2.07. The van der Waals surface area contributed by atoms with Gasteiger partial charge in [-0.1, -0.05) is 29.8 Å². The first-order valence-electron chi connectivity index (χ1n) is 6.76. The molecule has 0 amide bonds. The summed E-state index contributed by atoms with van der Waals surface area (Å²) in [5.41, 5.74) is 13.9. The lowest BCUT2D eigenvalue weighted by atomic mass is 10.2. The van der Waals surface area contributed by atoms with Crippen molar-refractivity contribution in [3.63, 3.8) is 0 Å². The van der Waals surface area contributed by atoms with Gasteiger partial charge in [0.05, 0.1) is 16.4 Å². The maximum atomic E-state index is 6.27. The number of nitrogen functional groups attached to an aromatic ring is 2. The van der Waals surface area contributed by atoms with Crippen molar-refractivity contribution in [3.05, 3.63) is 53.6 Å². The molecule has 7 nitrogen and oxygen atoms in total. The van der Waals surface area contributed by atoms with E-state index >= 15 is 0 Å². The van der Waals surface area contributed by atoms with E-state index in [-0.39, 0.29) is 11.6 Å². The molecule has 116 valence electrons. The first-order valence-corrected chi connectivity index (χ1v) is 7.14. The number of nitrogens with one attached hydrogen (secondary N) is 2. The molecule has 2 aromatic carbocycles. The maximum Gasteiger partial charge on any atom is 0.175 e. The van der Waals surface area contributed by atoms with Gasteiger partial charge in [0.25, 0.3) is 0 Å². The molecule has 0 aliphatic rings. The molecule has 0 bridgehead atoms. The van der Waals surface area contributed by atoms with E-state index in [0.29, 0.717) is 16.4 Å². The van der Waals surface area contributed by atoms with Crippen LogP contribution in [0, 0.1) is 0 Å². The van der Waals surface area contributed by atoms with Gasteiger partial charge in [0.2, 0.25) is 0 Å². The number of nitrogens with two attached hydrogens (primary N) is 2. The van der Waals surface area contributed by atoms with Crippen molar-refractivity contribution in [2.24, 2.45) is 10.2 Å². The number of aromatic nitrogens is 2. The molecule has 0 saturated carbocycles. The Bertz CT molecular complexity index is 823. The predicted octanol–water partition coefficient (Wildman–Crippen LogP) is 4.39. The summed E-state index contributed by atoms with van der Waals surface area (Å²) in [6.07, 6.45) is 0. The van der Waals surface area contributed by atoms with Crippen LogP contribution in [0.1, 0.15) is 0 Å². The molecule has 0 atom stereocenters. The summed E-state index contributed by atoms with van der Waals surface area (Å²) in [4.78, 5) is 0. The molecule has 23 heavy (non-hydrogen) atoms. The van der Waals surface area contributed by atoms with E-state index in [1.54, 1.807) is 12.1 Å². The molecular formula is C15H14ClN7. The minimum absolute atomic E-state index is 0.194. The van der Waals surface area contributed by atoms with Crippen LogP contribution in [-0.4, -0.2) is 10.2 Å². The highest BCUT2D eigenvalue weighted by molar-refractivity contribution is 6.33. The number of nitrogens with zero attached hydrogens (tertiary/aromatic N) is 3. The lowest BCUT2D eigenvalue weighted by Gasteiger charge is -2.08. The minimum Gasteiger partial charge on any atom is -0.382 e. The zero-order chi connectivity index (χ0) is 16.2. The van der Waals surface area contributed by atoms with E-state index in [2.05, 4.69) is 25.7 Å². The SMILES string of the molecule is Nc1n[nH]c(N)c1N=Nc1ccc(Nc2ccccc2)c(Cl)c1. The van der Waals surface area contributed by atoms with Gasteiger partial charge in [0, 0.05) is 5.69 Å². The number of hydrogen-bond acceptors (Lipinski definition) is 6. The highest BCUT2D eigenvalue weighted by atomic mass is 35.5. The molecule has 0 spiro atoms. The van der Waals surface area contributed by atoms with Gasteiger partial charge in [-0.15, -0.1) is 5.11 Å². The molecule has 8 heteroatoms. The number of hydrogen-bond donors (Lipinski definition) is 4. The molecule has 0 unspecified atom stereocenters. The van der Waals surface area contributed by atoms with Crippen molar-refractivity contribution >= 4 is 46.0 Å². The van der Waals surface area contributed by atoms with Crippen LogP contribution < -0.4 is 16.8 Å². The maximum absolute atomic E-state index is 6.27. The van der Waals surface area contributed by atoms with Gasteiger partial charge in [0.15, 0.2) is 11.5 Å². The molecule has 0 radical (unpaired) electrons. The Morgan fingerprint density at radius 2 is 1.83 bits per heavy atom. The summed E-state index contributed by atoms with van der Waals surface area (Å²) < 4.78 is 0. The third-order valence-electron chi connectivity index (χ3n) is 3.07. The molecule has 3 rings (SSSR count). The highest BCUT2D eigenvalue weighted by Crippen LogP contribution is 2.32. The minimum atomic E-state index is 0.194. The molecule has 1 heterocycles. The zero-order valence-electron chi connectivity index (χ0n) is 12.0. The summed E-state index contributed by atoms with van der Waals surface area (Å²) in [6.45, 7) is 0. The van der Waals surface area contributed by atoms with Crippen LogP contribution >= 0.6 is 11.6 Å². The lowest BCUT2D eigenvalue weighted by molar-refractivity contribution is 1.11. The van der Waals surface area contributed by atoms with Crippen molar-refractivity contribution < 1.29 is 0 Å². The second-order valence-electron chi connectivity index (χ2n) is 4.73. The van der Waals surface area contributed by atoms with E-state index < -0.39 is 0 Å². The molecule has 0 aliphatic carbocycles. The second kappa shape index (κ2) is 6.37. The number of halogens is 1. The fraction of sp³-hybridized carbons (Fsp3) is 0. The average molecular weight is 328 g/mol. The number of anilines is 4. The molecular weight excluding hydrogens is 314 g/mol. The third kappa shape index (κ3) is 3.41. The summed E-state index contributed by atoms with van der Waals surface area (Å²) in [5, 5.41) is 18.1. The van der Waals surface area contributed by atoms with Gasteiger partial charge in [-0.25, -0.2) is 0 Å². The van der Waals surface area contributed by atoms with Crippen molar-refractivity contribution in [3.8, 4) is 0 Å². The van der Waals surface area contributed by atoms with Gasteiger partial charge in [0.1, 0.15) is 5.82 Å². The van der Waals surface area contributed by atoms with Crippen molar-refractivity contribution in [2.45, 2.75) is 0 Å². The number of azo groups is 1. The lowest BCUT2D eigenvalue weighted by Crippen LogP contribution is -1.90. The number of aromatic amines is 1. The third-order valence-corrected chi connectivity index (χ3v) is 3.38. The van der Waals surface area contributed by atoms with Crippen molar-refractivity contribution in [1.29, 1.82) is 0 Å². The van der Waals surface area contributed by atoms with E-state index in [0.717, 1.165) is 11.4 Å². The number of benzene rings is 2. The van der Waals surface area contributed by atoms with Crippen LogP contribution in [0.2, 0.25) is 5.02 Å². The first-order chi connectivity index (χ1) is 11.1. The van der Waals surface area contributed by atoms with E-state index in [9.17, 15) is 0 Å². The molecule has 0 saturated heterocycles. The Balaban J connectivity index is 1.79.